The topological polar surface area (TPSA) is 52.8 Å². The SMILES string of the molecule is N#Cc1ccnc(N(CC2CC2)CC2CC2)n1. The molecule has 2 saturated carbocycles. The first kappa shape index (κ1) is 10.5. The lowest BCUT2D eigenvalue weighted by Crippen LogP contribution is -2.29. The maximum absolute atomic E-state index is 8.87. The highest BCUT2D eigenvalue weighted by atomic mass is 15.3. The fraction of sp³-hybridized carbons (Fsp3) is 0.615. The van der Waals surface area contributed by atoms with E-state index in [0.717, 1.165) is 30.9 Å². The monoisotopic (exact) mass is 228 g/mol. The minimum atomic E-state index is 0.464. The van der Waals surface area contributed by atoms with Gasteiger partial charge >= 0.3 is 0 Å². The number of rotatable bonds is 5. The molecule has 0 aliphatic heterocycles. The molecular formula is C13H16N4. The van der Waals surface area contributed by atoms with Gasteiger partial charge in [0, 0.05) is 19.3 Å². The zero-order valence-corrected chi connectivity index (χ0v) is 9.84. The van der Waals surface area contributed by atoms with Gasteiger partial charge in [-0.25, -0.2) is 9.97 Å². The van der Waals surface area contributed by atoms with Gasteiger partial charge in [-0.05, 0) is 43.6 Å². The van der Waals surface area contributed by atoms with Gasteiger partial charge in [-0.2, -0.15) is 5.26 Å². The van der Waals surface area contributed by atoms with E-state index < -0.39 is 0 Å². The highest BCUT2D eigenvalue weighted by Crippen LogP contribution is 2.34. The van der Waals surface area contributed by atoms with Crippen LogP contribution in [0.5, 0.6) is 0 Å². The predicted octanol–water partition coefficient (Wildman–Crippen LogP) is 1.97. The van der Waals surface area contributed by atoms with Crippen molar-refractivity contribution in [2.24, 2.45) is 11.8 Å². The third-order valence-corrected chi connectivity index (χ3v) is 3.39. The van der Waals surface area contributed by atoms with Crippen molar-refractivity contribution in [3.8, 4) is 6.07 Å². The number of nitrogens with zero attached hydrogens (tertiary/aromatic N) is 4. The summed E-state index contributed by atoms with van der Waals surface area (Å²) >= 11 is 0. The van der Waals surface area contributed by atoms with Crippen molar-refractivity contribution >= 4 is 5.95 Å². The normalized spacial score (nSPS) is 18.8. The average molecular weight is 228 g/mol. The van der Waals surface area contributed by atoms with Gasteiger partial charge in [0.1, 0.15) is 11.8 Å². The van der Waals surface area contributed by atoms with Crippen LogP contribution in [0, 0.1) is 23.2 Å². The van der Waals surface area contributed by atoms with E-state index in [-0.39, 0.29) is 0 Å². The molecule has 0 spiro atoms. The first-order valence-corrected chi connectivity index (χ1v) is 6.33. The van der Waals surface area contributed by atoms with Crippen LogP contribution in [0.15, 0.2) is 12.3 Å². The van der Waals surface area contributed by atoms with Gasteiger partial charge in [0.25, 0.3) is 0 Å². The van der Waals surface area contributed by atoms with Gasteiger partial charge in [-0.3, -0.25) is 0 Å². The van der Waals surface area contributed by atoms with Crippen molar-refractivity contribution in [2.45, 2.75) is 25.7 Å². The molecule has 0 saturated heterocycles. The van der Waals surface area contributed by atoms with Crippen LogP contribution in [-0.4, -0.2) is 23.1 Å². The fourth-order valence-electron chi connectivity index (χ4n) is 2.03. The van der Waals surface area contributed by atoms with Gasteiger partial charge < -0.3 is 4.90 Å². The van der Waals surface area contributed by atoms with Crippen LogP contribution in [-0.2, 0) is 0 Å². The van der Waals surface area contributed by atoms with Crippen LogP contribution in [0.25, 0.3) is 0 Å². The third-order valence-electron chi connectivity index (χ3n) is 3.39. The molecule has 2 fully saturated rings. The minimum absolute atomic E-state index is 0.464. The zero-order valence-electron chi connectivity index (χ0n) is 9.84. The van der Waals surface area contributed by atoms with E-state index in [1.54, 1.807) is 12.3 Å². The number of nitriles is 1. The van der Waals surface area contributed by atoms with Crippen molar-refractivity contribution in [3.05, 3.63) is 18.0 Å². The molecule has 1 aromatic rings. The molecule has 4 nitrogen and oxygen atoms in total. The Morgan fingerprint density at radius 2 is 1.88 bits per heavy atom. The molecule has 0 unspecified atom stereocenters. The summed E-state index contributed by atoms with van der Waals surface area (Å²) in [5, 5.41) is 8.87. The summed E-state index contributed by atoms with van der Waals surface area (Å²) in [5.41, 5.74) is 0.464. The number of hydrogen-bond acceptors (Lipinski definition) is 4. The summed E-state index contributed by atoms with van der Waals surface area (Å²) in [6.45, 7) is 2.12. The Labute approximate surface area is 101 Å². The lowest BCUT2D eigenvalue weighted by molar-refractivity contribution is 0.661. The van der Waals surface area contributed by atoms with Crippen LogP contribution >= 0.6 is 0 Å². The number of anilines is 1. The number of aromatic nitrogens is 2. The second-order valence-electron chi connectivity index (χ2n) is 5.15. The fourth-order valence-corrected chi connectivity index (χ4v) is 2.03. The summed E-state index contributed by atoms with van der Waals surface area (Å²) in [4.78, 5) is 10.9. The standard InChI is InChI=1S/C13H16N4/c14-7-12-5-6-15-13(16-12)17(8-10-1-2-10)9-11-3-4-11/h5-6,10-11H,1-4,8-9H2. The summed E-state index contributed by atoms with van der Waals surface area (Å²) in [6.07, 6.45) is 7.02. The lowest BCUT2D eigenvalue weighted by Gasteiger charge is -2.22. The Kier molecular flexibility index (Phi) is 2.68. The van der Waals surface area contributed by atoms with Crippen molar-refractivity contribution in [2.75, 3.05) is 18.0 Å². The summed E-state index contributed by atoms with van der Waals surface area (Å²) < 4.78 is 0. The minimum Gasteiger partial charge on any atom is -0.340 e. The third kappa shape index (κ3) is 2.73. The van der Waals surface area contributed by atoms with Crippen LogP contribution < -0.4 is 4.90 Å². The second-order valence-corrected chi connectivity index (χ2v) is 5.15. The van der Waals surface area contributed by atoms with Crippen molar-refractivity contribution in [1.29, 1.82) is 5.26 Å². The van der Waals surface area contributed by atoms with Crippen molar-refractivity contribution in [1.82, 2.24) is 9.97 Å². The van der Waals surface area contributed by atoms with Crippen molar-refractivity contribution < 1.29 is 0 Å². The average Bonchev–Trinajstić information content (AvgIpc) is 3.23. The Morgan fingerprint density at radius 3 is 2.41 bits per heavy atom. The van der Waals surface area contributed by atoms with Crippen LogP contribution in [0.3, 0.4) is 0 Å². The van der Waals surface area contributed by atoms with E-state index in [1.165, 1.54) is 25.7 Å². The predicted molar refractivity (Wildman–Crippen MR) is 64.4 cm³/mol. The molecule has 1 heterocycles. The Balaban J connectivity index is 1.76. The molecule has 0 aromatic carbocycles. The highest BCUT2D eigenvalue weighted by Gasteiger charge is 2.30. The highest BCUT2D eigenvalue weighted by molar-refractivity contribution is 5.34. The largest absolute Gasteiger partial charge is 0.340 e. The quantitative estimate of drug-likeness (QED) is 0.773. The molecular weight excluding hydrogens is 212 g/mol. The molecule has 3 rings (SSSR count). The van der Waals surface area contributed by atoms with Crippen LogP contribution in [0.4, 0.5) is 5.95 Å². The van der Waals surface area contributed by atoms with Crippen LogP contribution in [0.1, 0.15) is 31.4 Å². The molecule has 0 radical (unpaired) electrons. The smallest absolute Gasteiger partial charge is 0.226 e. The second kappa shape index (κ2) is 4.33. The molecule has 17 heavy (non-hydrogen) atoms. The van der Waals surface area contributed by atoms with E-state index in [9.17, 15) is 0 Å². The van der Waals surface area contributed by atoms with Gasteiger partial charge in [0.2, 0.25) is 5.95 Å². The van der Waals surface area contributed by atoms with Gasteiger partial charge in [-0.1, -0.05) is 0 Å². The maximum atomic E-state index is 8.87. The first-order valence-electron chi connectivity index (χ1n) is 6.33. The van der Waals surface area contributed by atoms with Gasteiger partial charge in [-0.15, -0.1) is 0 Å². The van der Waals surface area contributed by atoms with E-state index >= 15 is 0 Å². The molecule has 1 aromatic heterocycles. The van der Waals surface area contributed by atoms with Gasteiger partial charge in [0.05, 0.1) is 0 Å². The van der Waals surface area contributed by atoms with E-state index in [0.29, 0.717) is 5.69 Å². The van der Waals surface area contributed by atoms with E-state index in [2.05, 4.69) is 20.9 Å². The summed E-state index contributed by atoms with van der Waals surface area (Å²) in [7, 11) is 0. The molecule has 0 amide bonds. The van der Waals surface area contributed by atoms with Crippen LogP contribution in [0.2, 0.25) is 0 Å². The lowest BCUT2D eigenvalue weighted by atomic mass is 10.3. The van der Waals surface area contributed by atoms with Crippen molar-refractivity contribution in [3.63, 3.8) is 0 Å². The molecule has 4 heteroatoms. The molecule has 0 bridgehead atoms. The Morgan fingerprint density at radius 1 is 1.24 bits per heavy atom. The van der Waals surface area contributed by atoms with E-state index in [1.807, 2.05) is 0 Å². The Bertz CT molecular complexity index is 429. The summed E-state index contributed by atoms with van der Waals surface area (Å²) in [5.74, 6) is 2.38. The summed E-state index contributed by atoms with van der Waals surface area (Å²) in [6, 6.07) is 3.74. The molecule has 88 valence electrons. The first-order chi connectivity index (χ1) is 8.35. The Hall–Kier alpha value is -1.63. The maximum Gasteiger partial charge on any atom is 0.226 e. The number of hydrogen-bond donors (Lipinski definition) is 0. The zero-order chi connectivity index (χ0) is 11.7. The van der Waals surface area contributed by atoms with E-state index in [4.69, 9.17) is 5.26 Å². The van der Waals surface area contributed by atoms with Gasteiger partial charge in [0.15, 0.2) is 0 Å². The molecule has 2 aliphatic rings. The molecule has 0 atom stereocenters. The molecule has 0 N–H and O–H groups in total. The molecule has 2 aliphatic carbocycles.